The van der Waals surface area contributed by atoms with Gasteiger partial charge in [0, 0.05) is 18.0 Å². The number of aryl methyl sites for hydroxylation is 1. The number of benzene rings is 2. The van der Waals surface area contributed by atoms with E-state index in [1.54, 1.807) is 0 Å². The van der Waals surface area contributed by atoms with Gasteiger partial charge in [-0.2, -0.15) is 5.26 Å². The summed E-state index contributed by atoms with van der Waals surface area (Å²) in [6.45, 7) is 2.49. The molecule has 0 saturated heterocycles. The summed E-state index contributed by atoms with van der Waals surface area (Å²) in [5, 5.41) is 8.82. The minimum Gasteiger partial charge on any atom is -0.486 e. The first kappa shape index (κ1) is 24.4. The Balaban J connectivity index is 1.43. The van der Waals surface area contributed by atoms with Crippen LogP contribution in [0.3, 0.4) is 0 Å². The SMILES string of the molecule is CCCCCCCCCCc1cnc(-c2ccc(COc3ccc(C#N)cc3F)cc2)nc1. The van der Waals surface area contributed by atoms with E-state index in [9.17, 15) is 4.39 Å². The number of hydrogen-bond donors (Lipinski definition) is 0. The average Bonchev–Trinajstić information content (AvgIpc) is 2.85. The number of nitriles is 1. The Morgan fingerprint density at radius 2 is 1.52 bits per heavy atom. The van der Waals surface area contributed by atoms with E-state index in [1.807, 2.05) is 42.7 Å². The zero-order valence-corrected chi connectivity index (χ0v) is 19.4. The van der Waals surface area contributed by atoms with E-state index in [1.165, 1.54) is 75.1 Å². The van der Waals surface area contributed by atoms with E-state index in [2.05, 4.69) is 16.9 Å². The van der Waals surface area contributed by atoms with Crippen LogP contribution in [0.5, 0.6) is 5.75 Å². The lowest BCUT2D eigenvalue weighted by molar-refractivity contribution is 0.290. The minimum absolute atomic E-state index is 0.133. The Bertz CT molecular complexity index is 1030. The predicted octanol–water partition coefficient (Wildman–Crippen LogP) is 7.42. The molecule has 0 aliphatic carbocycles. The summed E-state index contributed by atoms with van der Waals surface area (Å²) in [6, 6.07) is 13.8. The number of hydrogen-bond acceptors (Lipinski definition) is 4. The number of ether oxygens (including phenoxy) is 1. The van der Waals surface area contributed by atoms with Crippen molar-refractivity contribution in [1.82, 2.24) is 9.97 Å². The summed E-state index contributed by atoms with van der Waals surface area (Å²) in [5.41, 5.74) is 3.29. The van der Waals surface area contributed by atoms with Crippen molar-refractivity contribution in [3.05, 3.63) is 77.4 Å². The van der Waals surface area contributed by atoms with E-state index in [0.29, 0.717) is 5.82 Å². The Kier molecular flexibility index (Phi) is 9.85. The van der Waals surface area contributed by atoms with Crippen LogP contribution in [0.4, 0.5) is 4.39 Å². The van der Waals surface area contributed by atoms with Gasteiger partial charge in [-0.1, -0.05) is 76.1 Å². The smallest absolute Gasteiger partial charge is 0.166 e. The second-order valence-corrected chi connectivity index (χ2v) is 8.38. The van der Waals surface area contributed by atoms with Crippen LogP contribution in [0.1, 0.15) is 75.0 Å². The number of halogens is 1. The molecule has 0 spiro atoms. The van der Waals surface area contributed by atoms with Gasteiger partial charge in [-0.05, 0) is 42.2 Å². The summed E-state index contributed by atoms with van der Waals surface area (Å²) in [5.74, 6) is 0.292. The second-order valence-electron chi connectivity index (χ2n) is 8.38. The van der Waals surface area contributed by atoms with Crippen molar-refractivity contribution >= 4 is 0 Å². The first-order valence-electron chi connectivity index (χ1n) is 11.9. The highest BCUT2D eigenvalue weighted by atomic mass is 19.1. The molecule has 3 aromatic rings. The molecule has 172 valence electrons. The first-order chi connectivity index (χ1) is 16.2. The van der Waals surface area contributed by atoms with Crippen LogP contribution >= 0.6 is 0 Å². The third-order valence-electron chi connectivity index (χ3n) is 5.69. The Morgan fingerprint density at radius 1 is 0.848 bits per heavy atom. The topological polar surface area (TPSA) is 58.8 Å². The van der Waals surface area contributed by atoms with Crippen LogP contribution in [-0.2, 0) is 13.0 Å². The van der Waals surface area contributed by atoms with E-state index >= 15 is 0 Å². The summed E-state index contributed by atoms with van der Waals surface area (Å²) < 4.78 is 19.5. The number of unbranched alkanes of at least 4 members (excludes halogenated alkanes) is 7. The fraction of sp³-hybridized carbons (Fsp3) is 0.393. The van der Waals surface area contributed by atoms with Crippen LogP contribution < -0.4 is 4.74 Å². The zero-order chi connectivity index (χ0) is 23.3. The number of aromatic nitrogens is 2. The van der Waals surface area contributed by atoms with Crippen molar-refractivity contribution in [1.29, 1.82) is 5.26 Å². The second kappa shape index (κ2) is 13.3. The van der Waals surface area contributed by atoms with Gasteiger partial charge < -0.3 is 4.74 Å². The van der Waals surface area contributed by atoms with Crippen molar-refractivity contribution in [2.75, 3.05) is 0 Å². The highest BCUT2D eigenvalue weighted by molar-refractivity contribution is 5.55. The molecule has 0 aliphatic rings. The summed E-state index contributed by atoms with van der Waals surface area (Å²) in [7, 11) is 0. The van der Waals surface area contributed by atoms with Gasteiger partial charge in [-0.3, -0.25) is 0 Å². The van der Waals surface area contributed by atoms with Crippen molar-refractivity contribution in [2.45, 2.75) is 71.3 Å². The van der Waals surface area contributed by atoms with Crippen LogP contribution in [-0.4, -0.2) is 9.97 Å². The van der Waals surface area contributed by atoms with Gasteiger partial charge in [0.2, 0.25) is 0 Å². The number of rotatable bonds is 13. The normalized spacial score (nSPS) is 10.7. The fourth-order valence-electron chi connectivity index (χ4n) is 3.69. The third-order valence-corrected chi connectivity index (χ3v) is 5.69. The molecule has 2 aromatic carbocycles. The van der Waals surface area contributed by atoms with Gasteiger partial charge in [0.25, 0.3) is 0 Å². The molecule has 0 unspecified atom stereocenters. The van der Waals surface area contributed by atoms with Gasteiger partial charge in [-0.25, -0.2) is 14.4 Å². The van der Waals surface area contributed by atoms with Gasteiger partial charge in [0.1, 0.15) is 6.61 Å². The molecule has 0 N–H and O–H groups in total. The molecule has 0 fully saturated rings. The lowest BCUT2D eigenvalue weighted by Gasteiger charge is -2.08. The van der Waals surface area contributed by atoms with Crippen LogP contribution in [0, 0.1) is 17.1 Å². The van der Waals surface area contributed by atoms with E-state index < -0.39 is 5.82 Å². The molecular weight excluding hydrogens is 413 g/mol. The monoisotopic (exact) mass is 445 g/mol. The van der Waals surface area contributed by atoms with Crippen molar-refractivity contribution in [3.63, 3.8) is 0 Å². The molecule has 33 heavy (non-hydrogen) atoms. The van der Waals surface area contributed by atoms with Crippen molar-refractivity contribution in [3.8, 4) is 23.2 Å². The largest absolute Gasteiger partial charge is 0.486 e. The van der Waals surface area contributed by atoms with Crippen molar-refractivity contribution in [2.24, 2.45) is 0 Å². The Hall–Kier alpha value is -3.26. The molecule has 0 radical (unpaired) electrons. The molecule has 4 nitrogen and oxygen atoms in total. The average molecular weight is 446 g/mol. The zero-order valence-electron chi connectivity index (χ0n) is 19.4. The molecular formula is C28H32FN3O. The standard InChI is InChI=1S/C28H32FN3O/c1-2-3-4-5-6-7-8-9-10-24-19-31-28(32-20-24)25-14-11-22(12-15-25)21-33-27-16-13-23(18-30)17-26(27)29/h11-17,19-20H,2-10,21H2,1H3. The summed E-state index contributed by atoms with van der Waals surface area (Å²) >= 11 is 0. The highest BCUT2D eigenvalue weighted by Gasteiger charge is 2.06. The molecule has 0 aliphatic heterocycles. The molecule has 0 bridgehead atoms. The molecule has 0 saturated carbocycles. The number of nitrogens with zero attached hydrogens (tertiary/aromatic N) is 3. The first-order valence-corrected chi connectivity index (χ1v) is 11.9. The van der Waals surface area contributed by atoms with E-state index in [-0.39, 0.29) is 17.9 Å². The van der Waals surface area contributed by atoms with Crippen LogP contribution in [0.2, 0.25) is 0 Å². The Labute approximate surface area is 196 Å². The summed E-state index contributed by atoms with van der Waals surface area (Å²) in [4.78, 5) is 9.06. The molecule has 0 atom stereocenters. The quantitative estimate of drug-likeness (QED) is 0.257. The van der Waals surface area contributed by atoms with Crippen LogP contribution in [0.25, 0.3) is 11.4 Å². The van der Waals surface area contributed by atoms with Gasteiger partial charge in [-0.15, -0.1) is 0 Å². The Morgan fingerprint density at radius 3 is 2.15 bits per heavy atom. The molecule has 1 aromatic heterocycles. The van der Waals surface area contributed by atoms with Gasteiger partial charge in [0.15, 0.2) is 17.4 Å². The summed E-state index contributed by atoms with van der Waals surface area (Å²) in [6.07, 6.45) is 15.4. The molecule has 5 heteroatoms. The lowest BCUT2D eigenvalue weighted by Crippen LogP contribution is -1.98. The van der Waals surface area contributed by atoms with E-state index in [4.69, 9.17) is 10.00 Å². The van der Waals surface area contributed by atoms with Crippen LogP contribution in [0.15, 0.2) is 54.9 Å². The minimum atomic E-state index is -0.536. The molecule has 3 rings (SSSR count). The third kappa shape index (κ3) is 7.98. The maximum absolute atomic E-state index is 13.9. The molecule has 0 amide bonds. The van der Waals surface area contributed by atoms with Gasteiger partial charge >= 0.3 is 0 Å². The highest BCUT2D eigenvalue weighted by Crippen LogP contribution is 2.21. The molecule has 1 heterocycles. The van der Waals surface area contributed by atoms with E-state index in [0.717, 1.165) is 17.5 Å². The predicted molar refractivity (Wildman–Crippen MR) is 129 cm³/mol. The van der Waals surface area contributed by atoms with Gasteiger partial charge in [0.05, 0.1) is 11.6 Å². The maximum Gasteiger partial charge on any atom is 0.166 e. The maximum atomic E-state index is 13.9. The fourth-order valence-corrected chi connectivity index (χ4v) is 3.69. The van der Waals surface area contributed by atoms with Crippen molar-refractivity contribution < 1.29 is 9.13 Å². The lowest BCUT2D eigenvalue weighted by atomic mass is 10.1.